The van der Waals surface area contributed by atoms with E-state index < -0.39 is 0 Å². The van der Waals surface area contributed by atoms with Crippen molar-refractivity contribution >= 4 is 5.78 Å². The Balaban J connectivity index is 1.99. The molecule has 1 nitrogen and oxygen atoms in total. The molecule has 0 unspecified atom stereocenters. The van der Waals surface area contributed by atoms with Gasteiger partial charge in [-0.3, -0.25) is 4.79 Å². The molecule has 0 heterocycles. The Bertz CT molecular complexity index is 566. The average Bonchev–Trinajstić information content (AvgIpc) is 2.69. The summed E-state index contributed by atoms with van der Waals surface area (Å²) >= 11 is 0. The number of ketones is 1. The first-order valence-electron chi connectivity index (χ1n) is 5.94. The highest BCUT2D eigenvalue weighted by atomic mass is 16.1. The van der Waals surface area contributed by atoms with Crippen molar-refractivity contribution in [1.29, 1.82) is 0 Å². The zero-order chi connectivity index (χ0) is 11.8. The van der Waals surface area contributed by atoms with Crippen LogP contribution in [0.1, 0.15) is 33.0 Å². The van der Waals surface area contributed by atoms with Gasteiger partial charge >= 0.3 is 0 Å². The van der Waals surface area contributed by atoms with E-state index in [0.717, 1.165) is 17.5 Å². The Hall–Kier alpha value is -1.89. The molecule has 0 aliphatic heterocycles. The highest BCUT2D eigenvalue weighted by molar-refractivity contribution is 6.05. The number of rotatable bonds is 1. The molecular formula is C16H14O. The lowest BCUT2D eigenvalue weighted by Crippen LogP contribution is -2.06. The monoisotopic (exact) mass is 222 g/mol. The van der Waals surface area contributed by atoms with E-state index >= 15 is 0 Å². The van der Waals surface area contributed by atoms with Gasteiger partial charge < -0.3 is 0 Å². The first kappa shape index (κ1) is 10.3. The third-order valence-electron chi connectivity index (χ3n) is 3.50. The summed E-state index contributed by atoms with van der Waals surface area (Å²) in [6.45, 7) is 2.06. The molecule has 0 fully saturated rings. The zero-order valence-electron chi connectivity index (χ0n) is 9.81. The highest BCUT2D eigenvalue weighted by Crippen LogP contribution is 2.33. The summed E-state index contributed by atoms with van der Waals surface area (Å²) < 4.78 is 0. The van der Waals surface area contributed by atoms with Gasteiger partial charge in [-0.15, -0.1) is 0 Å². The highest BCUT2D eigenvalue weighted by Gasteiger charge is 2.30. The Morgan fingerprint density at radius 1 is 1.00 bits per heavy atom. The molecule has 0 amide bonds. The molecule has 1 aliphatic rings. The molecule has 0 spiro atoms. The largest absolute Gasteiger partial charge is 0.293 e. The Labute approximate surface area is 101 Å². The molecule has 0 aromatic heterocycles. The molecule has 1 aliphatic carbocycles. The SMILES string of the molecule is Cc1ccc([C@H]2Cc3ccccc3C2=O)cc1. The van der Waals surface area contributed by atoms with Crippen LogP contribution >= 0.6 is 0 Å². The van der Waals surface area contributed by atoms with Gasteiger partial charge in [0, 0.05) is 5.56 Å². The quantitative estimate of drug-likeness (QED) is 0.721. The first-order valence-corrected chi connectivity index (χ1v) is 5.94. The van der Waals surface area contributed by atoms with E-state index in [1.807, 2.05) is 18.2 Å². The van der Waals surface area contributed by atoms with Gasteiger partial charge in [-0.25, -0.2) is 0 Å². The molecule has 0 bridgehead atoms. The van der Waals surface area contributed by atoms with Crippen molar-refractivity contribution in [2.24, 2.45) is 0 Å². The number of aryl methyl sites for hydroxylation is 1. The van der Waals surface area contributed by atoms with Gasteiger partial charge in [-0.05, 0) is 24.5 Å². The van der Waals surface area contributed by atoms with Crippen LogP contribution in [0.25, 0.3) is 0 Å². The minimum Gasteiger partial charge on any atom is -0.293 e. The summed E-state index contributed by atoms with van der Waals surface area (Å²) in [5, 5.41) is 0. The molecule has 0 N–H and O–H groups in total. The van der Waals surface area contributed by atoms with E-state index in [0.29, 0.717) is 0 Å². The van der Waals surface area contributed by atoms with E-state index in [1.54, 1.807) is 0 Å². The predicted octanol–water partition coefficient (Wildman–Crippen LogP) is 3.52. The maximum atomic E-state index is 12.3. The number of hydrogen-bond donors (Lipinski definition) is 0. The van der Waals surface area contributed by atoms with Gasteiger partial charge in [0.25, 0.3) is 0 Å². The maximum absolute atomic E-state index is 12.3. The first-order chi connectivity index (χ1) is 8.25. The molecule has 1 atom stereocenters. The summed E-state index contributed by atoms with van der Waals surface area (Å²) in [5.41, 5.74) is 4.45. The van der Waals surface area contributed by atoms with Crippen molar-refractivity contribution < 1.29 is 4.79 Å². The summed E-state index contributed by atoms with van der Waals surface area (Å²) in [7, 11) is 0. The zero-order valence-corrected chi connectivity index (χ0v) is 9.81. The minimum absolute atomic E-state index is 0.0213. The average molecular weight is 222 g/mol. The standard InChI is InChI=1S/C16H14O/c1-11-6-8-12(9-7-11)15-10-13-4-2-3-5-14(13)16(15)17/h2-9,15H,10H2,1H3/t15-/m1/s1. The Morgan fingerprint density at radius 2 is 1.71 bits per heavy atom. The minimum atomic E-state index is 0.0213. The van der Waals surface area contributed by atoms with E-state index in [2.05, 4.69) is 37.3 Å². The van der Waals surface area contributed by atoms with E-state index in [4.69, 9.17) is 0 Å². The van der Waals surface area contributed by atoms with Crippen molar-refractivity contribution in [2.45, 2.75) is 19.3 Å². The predicted molar refractivity (Wildman–Crippen MR) is 68.4 cm³/mol. The molecule has 1 heteroatoms. The molecule has 0 saturated heterocycles. The lowest BCUT2D eigenvalue weighted by Gasteiger charge is -2.08. The smallest absolute Gasteiger partial charge is 0.170 e. The number of benzene rings is 2. The molecule has 17 heavy (non-hydrogen) atoms. The molecule has 2 aromatic carbocycles. The topological polar surface area (TPSA) is 17.1 Å². The summed E-state index contributed by atoms with van der Waals surface area (Å²) in [5.74, 6) is 0.289. The van der Waals surface area contributed by atoms with Crippen LogP contribution in [0.2, 0.25) is 0 Å². The fourth-order valence-corrected chi connectivity index (χ4v) is 2.51. The van der Waals surface area contributed by atoms with Crippen molar-refractivity contribution in [3.8, 4) is 0 Å². The van der Waals surface area contributed by atoms with Gasteiger partial charge in [0.2, 0.25) is 0 Å². The van der Waals surface area contributed by atoms with E-state index in [1.165, 1.54) is 11.1 Å². The molecule has 84 valence electrons. The van der Waals surface area contributed by atoms with Crippen LogP contribution in [0.3, 0.4) is 0 Å². The van der Waals surface area contributed by atoms with E-state index in [-0.39, 0.29) is 11.7 Å². The van der Waals surface area contributed by atoms with E-state index in [9.17, 15) is 4.79 Å². The summed E-state index contributed by atoms with van der Waals surface area (Å²) in [6.07, 6.45) is 0.845. The third-order valence-corrected chi connectivity index (χ3v) is 3.50. The molecule has 0 saturated carbocycles. The van der Waals surface area contributed by atoms with Gasteiger partial charge in [0.05, 0.1) is 5.92 Å². The fraction of sp³-hybridized carbons (Fsp3) is 0.188. The third kappa shape index (κ3) is 1.68. The second kappa shape index (κ2) is 3.85. The number of hydrogen-bond acceptors (Lipinski definition) is 1. The number of carbonyl (C=O) groups is 1. The number of Topliss-reactive ketones (excluding diaryl/α,β-unsaturated/α-hetero) is 1. The molecule has 2 aromatic rings. The van der Waals surface area contributed by atoms with Crippen LogP contribution in [-0.2, 0) is 6.42 Å². The lowest BCUT2D eigenvalue weighted by atomic mass is 9.94. The maximum Gasteiger partial charge on any atom is 0.170 e. The van der Waals surface area contributed by atoms with Crippen LogP contribution < -0.4 is 0 Å². The number of fused-ring (bicyclic) bond motifs is 1. The van der Waals surface area contributed by atoms with Gasteiger partial charge in [-0.2, -0.15) is 0 Å². The van der Waals surface area contributed by atoms with Crippen molar-refractivity contribution in [2.75, 3.05) is 0 Å². The van der Waals surface area contributed by atoms with Crippen LogP contribution in [0, 0.1) is 6.92 Å². The fourth-order valence-electron chi connectivity index (χ4n) is 2.51. The van der Waals surface area contributed by atoms with Crippen LogP contribution in [0.4, 0.5) is 0 Å². The Kier molecular flexibility index (Phi) is 2.32. The van der Waals surface area contributed by atoms with Crippen molar-refractivity contribution in [1.82, 2.24) is 0 Å². The van der Waals surface area contributed by atoms with Crippen molar-refractivity contribution in [3.63, 3.8) is 0 Å². The second-order valence-electron chi connectivity index (χ2n) is 4.69. The van der Waals surface area contributed by atoms with Crippen LogP contribution in [-0.4, -0.2) is 5.78 Å². The van der Waals surface area contributed by atoms with Crippen LogP contribution in [0.15, 0.2) is 48.5 Å². The number of carbonyl (C=O) groups excluding carboxylic acids is 1. The summed E-state index contributed by atoms with van der Waals surface area (Å²) in [6, 6.07) is 16.2. The molecule has 0 radical (unpaired) electrons. The van der Waals surface area contributed by atoms with Crippen LogP contribution in [0.5, 0.6) is 0 Å². The van der Waals surface area contributed by atoms with Gasteiger partial charge in [-0.1, -0.05) is 54.1 Å². The normalized spacial score (nSPS) is 18.2. The van der Waals surface area contributed by atoms with Gasteiger partial charge in [0.15, 0.2) is 5.78 Å². The molecular weight excluding hydrogens is 208 g/mol. The Morgan fingerprint density at radius 3 is 2.41 bits per heavy atom. The second-order valence-corrected chi connectivity index (χ2v) is 4.69. The van der Waals surface area contributed by atoms with Gasteiger partial charge in [0.1, 0.15) is 0 Å². The summed E-state index contributed by atoms with van der Waals surface area (Å²) in [4.78, 5) is 12.3. The van der Waals surface area contributed by atoms with Crippen molar-refractivity contribution in [3.05, 3.63) is 70.8 Å². The lowest BCUT2D eigenvalue weighted by molar-refractivity contribution is 0.0973. The molecule has 3 rings (SSSR count).